The van der Waals surface area contributed by atoms with Crippen LogP contribution >= 0.6 is 0 Å². The molecule has 240 valence electrons. The summed E-state index contributed by atoms with van der Waals surface area (Å²) >= 11 is 0. The lowest BCUT2D eigenvalue weighted by Gasteiger charge is -2.30. The maximum absolute atomic E-state index is 13.1. The summed E-state index contributed by atoms with van der Waals surface area (Å²) in [4.78, 5) is 51.7. The summed E-state index contributed by atoms with van der Waals surface area (Å²) in [5.41, 5.74) is -0.142. The van der Waals surface area contributed by atoms with Crippen LogP contribution in [0.25, 0.3) is 0 Å². The van der Waals surface area contributed by atoms with Crippen LogP contribution < -0.4 is 24.8 Å². The van der Waals surface area contributed by atoms with Crippen LogP contribution in [-0.4, -0.2) is 71.6 Å². The molecule has 0 aromatic heterocycles. The topological polar surface area (TPSA) is 144 Å². The van der Waals surface area contributed by atoms with Crippen molar-refractivity contribution in [1.82, 2.24) is 15.5 Å². The van der Waals surface area contributed by atoms with Gasteiger partial charge < -0.3 is 34.9 Å². The Labute approximate surface area is 259 Å². The lowest BCUT2D eigenvalue weighted by molar-refractivity contribution is -0.140. The predicted octanol–water partition coefficient (Wildman–Crippen LogP) is 3.69. The number of nitrogens with one attached hydrogen (secondary N) is 2. The number of esters is 2. The van der Waals surface area contributed by atoms with Crippen LogP contribution in [0.1, 0.15) is 77.9 Å². The lowest BCUT2D eigenvalue weighted by Crippen LogP contribution is -2.54. The SMILES string of the molecule is CCCC(=O)Oc1ccc(C(O)CNC(C)(C)CNC(=O)C2CCCN2C(=O)COc2ccccc2)cc1OC(=O)CCC. The van der Waals surface area contributed by atoms with Gasteiger partial charge in [-0.2, -0.15) is 0 Å². The number of aliphatic hydroxyl groups is 1. The number of likely N-dealkylation sites (tertiary alicyclic amines) is 1. The number of amides is 2. The molecule has 2 unspecified atom stereocenters. The number of hydrogen-bond donors (Lipinski definition) is 3. The maximum atomic E-state index is 13.1. The first-order chi connectivity index (χ1) is 21.0. The highest BCUT2D eigenvalue weighted by molar-refractivity contribution is 5.88. The number of β-amino-alcohol motifs (C(OH)–C–C–N with tert-alkyl or cyclic N) is 1. The molecule has 2 aromatic carbocycles. The van der Waals surface area contributed by atoms with Gasteiger partial charge in [0.15, 0.2) is 18.1 Å². The van der Waals surface area contributed by atoms with Crippen molar-refractivity contribution < 1.29 is 38.5 Å². The second-order valence-corrected chi connectivity index (χ2v) is 11.5. The Kier molecular flexibility index (Phi) is 13.2. The second-order valence-electron chi connectivity index (χ2n) is 11.5. The van der Waals surface area contributed by atoms with Gasteiger partial charge in [-0.1, -0.05) is 38.1 Å². The molecule has 1 fully saturated rings. The predicted molar refractivity (Wildman–Crippen MR) is 164 cm³/mol. The van der Waals surface area contributed by atoms with Crippen LogP contribution in [0.15, 0.2) is 48.5 Å². The summed E-state index contributed by atoms with van der Waals surface area (Å²) in [6, 6.07) is 13.1. The summed E-state index contributed by atoms with van der Waals surface area (Å²) in [7, 11) is 0. The molecule has 11 nitrogen and oxygen atoms in total. The average molecular weight is 612 g/mol. The fourth-order valence-corrected chi connectivity index (χ4v) is 4.71. The van der Waals surface area contributed by atoms with Gasteiger partial charge in [0.1, 0.15) is 11.8 Å². The molecule has 11 heteroatoms. The van der Waals surface area contributed by atoms with Crippen LogP contribution in [0.5, 0.6) is 17.2 Å². The lowest BCUT2D eigenvalue weighted by atomic mass is 10.0. The molecular weight excluding hydrogens is 566 g/mol. The summed E-state index contributed by atoms with van der Waals surface area (Å²) < 4.78 is 16.4. The van der Waals surface area contributed by atoms with Crippen molar-refractivity contribution in [2.24, 2.45) is 0 Å². The van der Waals surface area contributed by atoms with Crippen molar-refractivity contribution in [3.8, 4) is 17.2 Å². The Morgan fingerprint density at radius 2 is 1.64 bits per heavy atom. The van der Waals surface area contributed by atoms with E-state index in [4.69, 9.17) is 14.2 Å². The first-order valence-corrected chi connectivity index (χ1v) is 15.3. The van der Waals surface area contributed by atoms with Gasteiger partial charge in [-0.15, -0.1) is 0 Å². The van der Waals surface area contributed by atoms with Gasteiger partial charge in [0, 0.05) is 38.0 Å². The largest absolute Gasteiger partial charge is 0.484 e. The van der Waals surface area contributed by atoms with E-state index in [2.05, 4.69) is 10.6 Å². The molecule has 2 amide bonds. The number of carbonyl (C=O) groups excluding carboxylic acids is 4. The van der Waals surface area contributed by atoms with Gasteiger partial charge in [-0.25, -0.2) is 0 Å². The number of aliphatic hydroxyl groups excluding tert-OH is 1. The van der Waals surface area contributed by atoms with E-state index in [1.807, 2.05) is 45.9 Å². The maximum Gasteiger partial charge on any atom is 0.311 e. The Morgan fingerprint density at radius 1 is 0.977 bits per heavy atom. The van der Waals surface area contributed by atoms with Crippen molar-refractivity contribution in [2.45, 2.75) is 83.9 Å². The van der Waals surface area contributed by atoms with E-state index >= 15 is 0 Å². The standard InChI is InChI=1S/C33H45N3O8/c1-5-11-30(39)43-27-17-16-23(19-28(27)44-31(40)12-6-2)26(37)20-35-33(3,4)22-34-32(41)25-15-10-18-36(25)29(38)21-42-24-13-8-7-9-14-24/h7-9,13-14,16-17,19,25-26,35,37H,5-6,10-12,15,18,20-22H2,1-4H3,(H,34,41). The van der Waals surface area contributed by atoms with E-state index in [0.29, 0.717) is 37.1 Å². The second kappa shape index (κ2) is 16.8. The minimum atomic E-state index is -0.985. The van der Waals surface area contributed by atoms with Gasteiger partial charge in [0.25, 0.3) is 5.91 Å². The smallest absolute Gasteiger partial charge is 0.311 e. The summed E-state index contributed by atoms with van der Waals surface area (Å²) in [5.74, 6) is -0.601. The fraction of sp³-hybridized carbons (Fsp3) is 0.515. The highest BCUT2D eigenvalue weighted by atomic mass is 16.6. The molecule has 3 N–H and O–H groups in total. The van der Waals surface area contributed by atoms with Gasteiger partial charge in [-0.3, -0.25) is 19.2 Å². The molecule has 1 heterocycles. The molecule has 2 aromatic rings. The monoisotopic (exact) mass is 611 g/mol. The number of rotatable bonds is 16. The highest BCUT2D eigenvalue weighted by Gasteiger charge is 2.35. The number of benzene rings is 2. The molecule has 0 saturated carbocycles. The average Bonchev–Trinajstić information content (AvgIpc) is 3.50. The molecule has 0 radical (unpaired) electrons. The van der Waals surface area contributed by atoms with Gasteiger partial charge >= 0.3 is 11.9 Å². The highest BCUT2D eigenvalue weighted by Crippen LogP contribution is 2.32. The third-order valence-corrected chi connectivity index (χ3v) is 7.17. The number of nitrogens with zero attached hydrogens (tertiary/aromatic N) is 1. The van der Waals surface area contributed by atoms with Crippen LogP contribution in [0, 0.1) is 0 Å². The zero-order valence-electron chi connectivity index (χ0n) is 26.1. The molecule has 1 saturated heterocycles. The van der Waals surface area contributed by atoms with Crippen molar-refractivity contribution in [1.29, 1.82) is 0 Å². The Balaban J connectivity index is 1.54. The van der Waals surface area contributed by atoms with Crippen LogP contribution in [-0.2, 0) is 19.2 Å². The molecule has 1 aliphatic rings. The van der Waals surface area contributed by atoms with Gasteiger partial charge in [0.2, 0.25) is 5.91 Å². The Bertz CT molecular complexity index is 1270. The van der Waals surface area contributed by atoms with Crippen molar-refractivity contribution >= 4 is 23.8 Å². The van der Waals surface area contributed by atoms with E-state index in [0.717, 1.165) is 6.42 Å². The van der Waals surface area contributed by atoms with Crippen LogP contribution in [0.3, 0.4) is 0 Å². The molecule has 3 rings (SSSR count). The molecular formula is C33H45N3O8. The summed E-state index contributed by atoms with van der Waals surface area (Å²) in [6.45, 7) is 8.23. The minimum absolute atomic E-state index is 0.0702. The van der Waals surface area contributed by atoms with E-state index in [1.54, 1.807) is 23.1 Å². The molecule has 1 aliphatic heterocycles. The minimum Gasteiger partial charge on any atom is -0.484 e. The first kappa shape index (κ1) is 34.5. The van der Waals surface area contributed by atoms with E-state index < -0.39 is 29.6 Å². The molecule has 2 atom stereocenters. The Hall–Kier alpha value is -3.96. The van der Waals surface area contributed by atoms with Crippen molar-refractivity contribution in [3.63, 3.8) is 0 Å². The molecule has 0 spiro atoms. The van der Waals surface area contributed by atoms with Gasteiger partial charge in [0.05, 0.1) is 6.10 Å². The van der Waals surface area contributed by atoms with E-state index in [9.17, 15) is 24.3 Å². The quantitative estimate of drug-likeness (QED) is 0.191. The third-order valence-electron chi connectivity index (χ3n) is 7.17. The first-order valence-electron chi connectivity index (χ1n) is 15.3. The summed E-state index contributed by atoms with van der Waals surface area (Å²) in [5, 5.41) is 17.1. The summed E-state index contributed by atoms with van der Waals surface area (Å²) in [6.07, 6.45) is 1.95. The number of para-hydroxylation sites is 1. The zero-order valence-corrected chi connectivity index (χ0v) is 26.1. The normalized spacial score (nSPS) is 15.4. The number of hydrogen-bond acceptors (Lipinski definition) is 9. The molecule has 0 aliphatic carbocycles. The number of ether oxygens (including phenoxy) is 3. The number of carbonyl (C=O) groups is 4. The van der Waals surface area contributed by atoms with E-state index in [1.165, 1.54) is 12.1 Å². The van der Waals surface area contributed by atoms with Gasteiger partial charge in [-0.05, 0) is 69.4 Å². The third kappa shape index (κ3) is 10.6. The fourth-order valence-electron chi connectivity index (χ4n) is 4.71. The Morgan fingerprint density at radius 3 is 2.30 bits per heavy atom. The van der Waals surface area contributed by atoms with Crippen molar-refractivity contribution in [2.75, 3.05) is 26.2 Å². The van der Waals surface area contributed by atoms with Crippen LogP contribution in [0.2, 0.25) is 0 Å². The van der Waals surface area contributed by atoms with Crippen molar-refractivity contribution in [3.05, 3.63) is 54.1 Å². The molecule has 0 bridgehead atoms. The van der Waals surface area contributed by atoms with E-state index in [-0.39, 0.29) is 55.9 Å². The molecule has 44 heavy (non-hydrogen) atoms. The van der Waals surface area contributed by atoms with Crippen LogP contribution in [0.4, 0.5) is 0 Å². The zero-order chi connectivity index (χ0) is 32.1.